The van der Waals surface area contributed by atoms with Crippen molar-refractivity contribution < 1.29 is 9.90 Å². The van der Waals surface area contributed by atoms with Crippen molar-refractivity contribution in [1.82, 2.24) is 15.2 Å². The van der Waals surface area contributed by atoms with Gasteiger partial charge in [0.05, 0.1) is 10.0 Å². The zero-order valence-corrected chi connectivity index (χ0v) is 21.9. The number of hydrogen-bond donors (Lipinski definition) is 3. The van der Waals surface area contributed by atoms with Gasteiger partial charge in [0.15, 0.2) is 0 Å². The zero-order valence-electron chi connectivity index (χ0n) is 20.4. The molecule has 0 bridgehead atoms. The van der Waals surface area contributed by atoms with Gasteiger partial charge in [0.1, 0.15) is 5.75 Å². The minimum absolute atomic E-state index is 0.0582. The highest BCUT2D eigenvalue weighted by molar-refractivity contribution is 6.42. The van der Waals surface area contributed by atoms with Crippen molar-refractivity contribution in [3.63, 3.8) is 0 Å². The molecule has 2 heterocycles. The summed E-state index contributed by atoms with van der Waals surface area (Å²) in [5, 5.41) is 15.2. The van der Waals surface area contributed by atoms with Crippen LogP contribution in [0.3, 0.4) is 0 Å². The Balaban J connectivity index is 1.04. The number of aromatic amines is 1. The fourth-order valence-corrected chi connectivity index (χ4v) is 6.09. The lowest BCUT2D eigenvalue weighted by Crippen LogP contribution is -2.41. The largest absolute Gasteiger partial charge is 0.508 e. The first-order valence-corrected chi connectivity index (χ1v) is 13.7. The van der Waals surface area contributed by atoms with Crippen LogP contribution in [-0.4, -0.2) is 46.6 Å². The number of aromatic nitrogens is 1. The van der Waals surface area contributed by atoms with Crippen molar-refractivity contribution in [2.24, 2.45) is 5.92 Å². The first-order chi connectivity index (χ1) is 17.4. The highest BCUT2D eigenvalue weighted by Gasteiger charge is 2.27. The van der Waals surface area contributed by atoms with Crippen LogP contribution in [0.5, 0.6) is 5.75 Å². The van der Waals surface area contributed by atoms with Crippen LogP contribution in [0.15, 0.2) is 48.7 Å². The van der Waals surface area contributed by atoms with Gasteiger partial charge in [-0.3, -0.25) is 4.79 Å². The summed E-state index contributed by atoms with van der Waals surface area (Å²) >= 11 is 12.0. The standard InChI is InChI=1S/C29H33Cl2N3O2/c30-26-8-3-19(15-27(26)31)4-10-29(36)33-22-5-1-20(2-6-22)18-34-13-11-21(12-14-34)25-17-32-28-9-7-23(35)16-24(25)28/h3-4,7-10,15-17,20-22,32,35H,1-2,5-6,11-14,18H2,(H,33,36)/b10-4+. The number of phenols is 1. The molecular formula is C29H33Cl2N3O2. The molecule has 2 aromatic carbocycles. The van der Waals surface area contributed by atoms with E-state index in [1.807, 2.05) is 18.2 Å². The van der Waals surface area contributed by atoms with E-state index in [2.05, 4.69) is 21.4 Å². The van der Waals surface area contributed by atoms with E-state index < -0.39 is 0 Å². The Labute approximate surface area is 222 Å². The highest BCUT2D eigenvalue weighted by Crippen LogP contribution is 2.35. The van der Waals surface area contributed by atoms with Crippen LogP contribution < -0.4 is 5.32 Å². The average molecular weight is 527 g/mol. The summed E-state index contributed by atoms with van der Waals surface area (Å²) in [6.45, 7) is 3.39. The molecule has 1 aromatic heterocycles. The van der Waals surface area contributed by atoms with E-state index in [1.54, 1.807) is 30.4 Å². The van der Waals surface area contributed by atoms with Gasteiger partial charge in [0.2, 0.25) is 5.91 Å². The summed E-state index contributed by atoms with van der Waals surface area (Å²) in [5.41, 5.74) is 3.29. The number of nitrogens with zero attached hydrogens (tertiary/aromatic N) is 1. The maximum absolute atomic E-state index is 12.4. The molecule has 2 aliphatic rings. The quantitative estimate of drug-likeness (QED) is 0.312. The van der Waals surface area contributed by atoms with Gasteiger partial charge in [-0.25, -0.2) is 0 Å². The maximum atomic E-state index is 12.4. The number of aromatic hydroxyl groups is 1. The Bertz CT molecular complexity index is 1240. The SMILES string of the molecule is O=C(/C=C/c1ccc(Cl)c(Cl)c1)NC1CCC(CN2CCC(c3c[nH]c4ccc(O)cc34)CC2)CC1. The lowest BCUT2D eigenvalue weighted by molar-refractivity contribution is -0.117. The van der Waals surface area contributed by atoms with Crippen molar-refractivity contribution in [3.8, 4) is 5.75 Å². The lowest BCUT2D eigenvalue weighted by atomic mass is 9.84. The second-order valence-electron chi connectivity index (χ2n) is 10.3. The average Bonchev–Trinajstić information content (AvgIpc) is 3.29. The number of H-pyrrole nitrogens is 1. The molecule has 1 saturated heterocycles. The molecule has 1 aliphatic carbocycles. The Kier molecular flexibility index (Phi) is 7.90. The normalized spacial score (nSPS) is 21.8. The van der Waals surface area contributed by atoms with Gasteiger partial charge in [-0.15, -0.1) is 0 Å². The van der Waals surface area contributed by atoms with Crippen molar-refractivity contribution in [2.75, 3.05) is 19.6 Å². The number of likely N-dealkylation sites (tertiary alicyclic amines) is 1. The number of carbonyl (C=O) groups is 1. The Morgan fingerprint density at radius 3 is 2.56 bits per heavy atom. The predicted molar refractivity (Wildman–Crippen MR) is 148 cm³/mol. The molecule has 3 N–H and O–H groups in total. The fourth-order valence-electron chi connectivity index (χ4n) is 5.79. The van der Waals surface area contributed by atoms with Gasteiger partial charge in [-0.05, 0) is 111 Å². The number of rotatable bonds is 6. The highest BCUT2D eigenvalue weighted by atomic mass is 35.5. The minimum Gasteiger partial charge on any atom is -0.508 e. The van der Waals surface area contributed by atoms with Crippen molar-refractivity contribution in [2.45, 2.75) is 50.5 Å². The monoisotopic (exact) mass is 525 g/mol. The smallest absolute Gasteiger partial charge is 0.244 e. The van der Waals surface area contributed by atoms with Gasteiger partial charge in [-0.2, -0.15) is 0 Å². The topological polar surface area (TPSA) is 68.4 Å². The molecular weight excluding hydrogens is 493 g/mol. The molecule has 1 aliphatic heterocycles. The number of benzene rings is 2. The molecule has 0 unspecified atom stereocenters. The molecule has 0 atom stereocenters. The van der Waals surface area contributed by atoms with E-state index in [9.17, 15) is 9.90 Å². The summed E-state index contributed by atoms with van der Waals surface area (Å²) in [7, 11) is 0. The van der Waals surface area contributed by atoms with E-state index in [1.165, 1.54) is 5.56 Å². The number of piperidine rings is 1. The Hall–Kier alpha value is -2.47. The predicted octanol–water partition coefficient (Wildman–Crippen LogP) is 6.75. The summed E-state index contributed by atoms with van der Waals surface area (Å²) in [6.07, 6.45) is 12.2. The summed E-state index contributed by atoms with van der Waals surface area (Å²) in [4.78, 5) is 18.4. The van der Waals surface area contributed by atoms with E-state index in [-0.39, 0.29) is 11.9 Å². The second-order valence-corrected chi connectivity index (χ2v) is 11.1. The number of fused-ring (bicyclic) bond motifs is 1. The molecule has 7 heteroatoms. The summed E-state index contributed by atoms with van der Waals surface area (Å²) in [6, 6.07) is 11.2. The van der Waals surface area contributed by atoms with E-state index in [0.29, 0.717) is 27.6 Å². The van der Waals surface area contributed by atoms with Crippen LogP contribution in [0.25, 0.3) is 17.0 Å². The van der Waals surface area contributed by atoms with Crippen LogP contribution in [0.1, 0.15) is 55.6 Å². The molecule has 1 saturated carbocycles. The number of halogens is 2. The third-order valence-corrected chi connectivity index (χ3v) is 8.54. The third kappa shape index (κ3) is 6.08. The molecule has 1 amide bonds. The molecule has 5 nitrogen and oxygen atoms in total. The zero-order chi connectivity index (χ0) is 25.1. The molecule has 0 radical (unpaired) electrons. The van der Waals surface area contributed by atoms with Gasteiger partial charge >= 0.3 is 0 Å². The van der Waals surface area contributed by atoms with Crippen LogP contribution >= 0.6 is 23.2 Å². The van der Waals surface area contributed by atoms with Crippen LogP contribution in [0, 0.1) is 5.92 Å². The second kappa shape index (κ2) is 11.3. The van der Waals surface area contributed by atoms with Crippen molar-refractivity contribution in [3.05, 3.63) is 69.8 Å². The van der Waals surface area contributed by atoms with E-state index in [0.717, 1.165) is 74.6 Å². The van der Waals surface area contributed by atoms with Crippen LogP contribution in [0.4, 0.5) is 0 Å². The molecule has 3 aromatic rings. The van der Waals surface area contributed by atoms with Crippen molar-refractivity contribution >= 4 is 46.1 Å². The van der Waals surface area contributed by atoms with E-state index >= 15 is 0 Å². The van der Waals surface area contributed by atoms with Gasteiger partial charge in [0.25, 0.3) is 0 Å². The van der Waals surface area contributed by atoms with E-state index in [4.69, 9.17) is 23.2 Å². The Morgan fingerprint density at radius 2 is 1.81 bits per heavy atom. The molecule has 36 heavy (non-hydrogen) atoms. The van der Waals surface area contributed by atoms with Gasteiger partial charge < -0.3 is 20.3 Å². The third-order valence-electron chi connectivity index (χ3n) is 7.81. The fraction of sp³-hybridized carbons (Fsp3) is 0.414. The van der Waals surface area contributed by atoms with Crippen LogP contribution in [0.2, 0.25) is 10.0 Å². The first-order valence-electron chi connectivity index (χ1n) is 12.9. The van der Waals surface area contributed by atoms with Crippen molar-refractivity contribution in [1.29, 1.82) is 0 Å². The summed E-state index contributed by atoms with van der Waals surface area (Å²) in [5.74, 6) is 1.51. The number of carbonyl (C=O) groups excluding carboxylic acids is 1. The maximum Gasteiger partial charge on any atom is 0.244 e. The first kappa shape index (κ1) is 25.2. The lowest BCUT2D eigenvalue weighted by Gasteiger charge is -2.36. The molecule has 2 fully saturated rings. The Morgan fingerprint density at radius 1 is 1.03 bits per heavy atom. The number of phenolic OH excluding ortho intramolecular Hbond substituents is 1. The van der Waals surface area contributed by atoms with Gasteiger partial charge in [-0.1, -0.05) is 29.3 Å². The molecule has 0 spiro atoms. The minimum atomic E-state index is -0.0582. The number of amides is 1. The van der Waals surface area contributed by atoms with Gasteiger partial charge in [0, 0.05) is 35.8 Å². The molecule has 190 valence electrons. The number of nitrogens with one attached hydrogen (secondary N) is 2. The molecule has 5 rings (SSSR count). The number of hydrogen-bond acceptors (Lipinski definition) is 3. The van der Waals surface area contributed by atoms with Crippen LogP contribution in [-0.2, 0) is 4.79 Å². The summed E-state index contributed by atoms with van der Waals surface area (Å²) < 4.78 is 0.